The van der Waals surface area contributed by atoms with E-state index in [1.54, 1.807) is 36.4 Å². The van der Waals surface area contributed by atoms with Crippen molar-refractivity contribution in [2.75, 3.05) is 0 Å². The van der Waals surface area contributed by atoms with E-state index < -0.39 is 10.6 Å². The van der Waals surface area contributed by atoms with E-state index in [1.807, 2.05) is 19.1 Å². The molecule has 0 amide bonds. The Morgan fingerprint density at radius 2 is 1.46 bits per heavy atom. The van der Waals surface area contributed by atoms with Gasteiger partial charge in [-0.3, -0.25) is 10.1 Å². The number of aromatic nitrogens is 2. The van der Waals surface area contributed by atoms with Crippen LogP contribution in [-0.4, -0.2) is 14.9 Å². The standard InChI is InChI=1S/C18H14BrN3O4/c1-2-12-3-7-14(8-4-12)25-17-16(22(23)24)18(21-11-20-17)26-15-9-5-13(19)6-10-15/h3-11H,2H2,1H3. The molecule has 132 valence electrons. The van der Waals surface area contributed by atoms with Crippen molar-refractivity contribution >= 4 is 21.6 Å². The van der Waals surface area contributed by atoms with Crippen molar-refractivity contribution in [3.63, 3.8) is 0 Å². The van der Waals surface area contributed by atoms with Crippen molar-refractivity contribution in [1.82, 2.24) is 9.97 Å². The summed E-state index contributed by atoms with van der Waals surface area (Å²) in [6.45, 7) is 2.04. The lowest BCUT2D eigenvalue weighted by Crippen LogP contribution is -2.01. The van der Waals surface area contributed by atoms with Crippen LogP contribution in [0, 0.1) is 10.1 Å². The third-order valence-electron chi connectivity index (χ3n) is 3.51. The number of nitrogens with zero attached hydrogens (tertiary/aromatic N) is 3. The largest absolute Gasteiger partial charge is 0.433 e. The molecule has 2 aromatic carbocycles. The Balaban J connectivity index is 1.92. The lowest BCUT2D eigenvalue weighted by atomic mass is 10.2. The van der Waals surface area contributed by atoms with Crippen LogP contribution in [0.3, 0.4) is 0 Å². The number of aryl methyl sites for hydroxylation is 1. The van der Waals surface area contributed by atoms with Crippen molar-refractivity contribution < 1.29 is 14.4 Å². The molecule has 7 nitrogen and oxygen atoms in total. The Morgan fingerprint density at radius 1 is 0.962 bits per heavy atom. The average Bonchev–Trinajstić information content (AvgIpc) is 2.64. The molecule has 0 saturated carbocycles. The maximum atomic E-state index is 11.5. The molecular weight excluding hydrogens is 402 g/mol. The van der Waals surface area contributed by atoms with Crippen LogP contribution in [0.4, 0.5) is 5.69 Å². The molecule has 0 aliphatic carbocycles. The fraction of sp³-hybridized carbons (Fsp3) is 0.111. The first kappa shape index (κ1) is 17.8. The minimum atomic E-state index is -0.621. The molecule has 0 spiro atoms. The zero-order valence-corrected chi connectivity index (χ0v) is 15.3. The summed E-state index contributed by atoms with van der Waals surface area (Å²) in [5.41, 5.74) is 0.698. The van der Waals surface area contributed by atoms with Gasteiger partial charge in [0.2, 0.25) is 0 Å². The maximum Gasteiger partial charge on any atom is 0.393 e. The van der Waals surface area contributed by atoms with Gasteiger partial charge in [0.15, 0.2) is 0 Å². The Hall–Kier alpha value is -3.00. The van der Waals surface area contributed by atoms with Crippen LogP contribution in [0.15, 0.2) is 59.3 Å². The number of rotatable bonds is 6. The van der Waals surface area contributed by atoms with Gasteiger partial charge < -0.3 is 9.47 Å². The Bertz CT molecular complexity index is 915. The first-order chi connectivity index (χ1) is 12.6. The smallest absolute Gasteiger partial charge is 0.393 e. The van der Waals surface area contributed by atoms with Crippen LogP contribution in [0.5, 0.6) is 23.3 Å². The summed E-state index contributed by atoms with van der Waals surface area (Å²) in [7, 11) is 0. The van der Waals surface area contributed by atoms with Gasteiger partial charge in [-0.15, -0.1) is 0 Å². The normalized spacial score (nSPS) is 10.4. The Kier molecular flexibility index (Phi) is 5.43. The van der Waals surface area contributed by atoms with E-state index in [-0.39, 0.29) is 11.8 Å². The number of nitro groups is 1. The van der Waals surface area contributed by atoms with E-state index in [4.69, 9.17) is 9.47 Å². The van der Waals surface area contributed by atoms with E-state index in [0.717, 1.165) is 22.8 Å². The molecule has 0 aliphatic heterocycles. The van der Waals surface area contributed by atoms with Crippen molar-refractivity contribution in [2.45, 2.75) is 13.3 Å². The topological polar surface area (TPSA) is 87.4 Å². The second-order valence-electron chi connectivity index (χ2n) is 5.25. The summed E-state index contributed by atoms with van der Waals surface area (Å²) in [6.07, 6.45) is 2.05. The second kappa shape index (κ2) is 7.92. The number of benzene rings is 2. The molecule has 0 bridgehead atoms. The highest BCUT2D eigenvalue weighted by atomic mass is 79.9. The molecular formula is C18H14BrN3O4. The molecule has 0 atom stereocenters. The molecule has 1 aromatic heterocycles. The van der Waals surface area contributed by atoms with Crippen LogP contribution in [0.2, 0.25) is 0 Å². The predicted molar refractivity (Wildman–Crippen MR) is 98.8 cm³/mol. The van der Waals surface area contributed by atoms with Gasteiger partial charge in [0.05, 0.1) is 4.92 Å². The van der Waals surface area contributed by atoms with Gasteiger partial charge in [-0.2, -0.15) is 9.97 Å². The molecule has 0 fully saturated rings. The first-order valence-electron chi connectivity index (χ1n) is 7.76. The van der Waals surface area contributed by atoms with Crippen LogP contribution in [0.1, 0.15) is 12.5 Å². The zero-order valence-electron chi connectivity index (χ0n) is 13.8. The van der Waals surface area contributed by atoms with E-state index in [0.29, 0.717) is 11.5 Å². The predicted octanol–water partition coefficient (Wildman–Crippen LogP) is 5.29. The minimum Gasteiger partial charge on any atom is -0.433 e. The highest BCUT2D eigenvalue weighted by Gasteiger charge is 2.27. The van der Waals surface area contributed by atoms with Gasteiger partial charge in [0.25, 0.3) is 0 Å². The zero-order chi connectivity index (χ0) is 18.5. The van der Waals surface area contributed by atoms with Gasteiger partial charge >= 0.3 is 17.4 Å². The lowest BCUT2D eigenvalue weighted by Gasteiger charge is -2.09. The minimum absolute atomic E-state index is 0.179. The van der Waals surface area contributed by atoms with Crippen LogP contribution in [-0.2, 0) is 6.42 Å². The second-order valence-corrected chi connectivity index (χ2v) is 6.16. The first-order valence-corrected chi connectivity index (χ1v) is 8.55. The van der Waals surface area contributed by atoms with Crippen molar-refractivity contribution in [3.8, 4) is 23.3 Å². The Labute approximate surface area is 157 Å². The summed E-state index contributed by atoms with van der Waals surface area (Å²) in [5.74, 6) is 0.487. The highest BCUT2D eigenvalue weighted by Crippen LogP contribution is 2.37. The summed E-state index contributed by atoms with van der Waals surface area (Å²) >= 11 is 3.32. The molecule has 0 unspecified atom stereocenters. The Morgan fingerprint density at radius 3 is 1.92 bits per heavy atom. The average molecular weight is 416 g/mol. The molecule has 0 radical (unpaired) electrons. The molecule has 0 aliphatic rings. The van der Waals surface area contributed by atoms with E-state index in [1.165, 1.54) is 0 Å². The molecule has 26 heavy (non-hydrogen) atoms. The SMILES string of the molecule is CCc1ccc(Oc2ncnc(Oc3ccc(Br)cc3)c2[N+](=O)[O-])cc1. The molecule has 3 aromatic rings. The molecule has 1 heterocycles. The van der Waals surface area contributed by atoms with Gasteiger partial charge in [-0.1, -0.05) is 35.0 Å². The molecule has 0 N–H and O–H groups in total. The van der Waals surface area contributed by atoms with Gasteiger partial charge in [0.1, 0.15) is 17.8 Å². The summed E-state index contributed by atoms with van der Waals surface area (Å²) in [4.78, 5) is 18.7. The molecule has 8 heteroatoms. The van der Waals surface area contributed by atoms with Gasteiger partial charge in [-0.05, 0) is 48.4 Å². The third kappa shape index (κ3) is 4.15. The summed E-state index contributed by atoms with van der Waals surface area (Å²) in [5, 5.41) is 11.5. The summed E-state index contributed by atoms with van der Waals surface area (Å²) in [6, 6.07) is 14.1. The fourth-order valence-electron chi connectivity index (χ4n) is 2.17. The van der Waals surface area contributed by atoms with Crippen LogP contribution >= 0.6 is 15.9 Å². The molecule has 3 rings (SSSR count). The van der Waals surface area contributed by atoms with Gasteiger partial charge in [-0.25, -0.2) is 0 Å². The van der Waals surface area contributed by atoms with Crippen molar-refractivity contribution in [3.05, 3.63) is 75.0 Å². The van der Waals surface area contributed by atoms with E-state index in [2.05, 4.69) is 25.9 Å². The number of hydrogen-bond acceptors (Lipinski definition) is 6. The quantitative estimate of drug-likeness (QED) is 0.401. The lowest BCUT2D eigenvalue weighted by molar-refractivity contribution is -0.387. The third-order valence-corrected chi connectivity index (χ3v) is 4.04. The fourth-order valence-corrected chi connectivity index (χ4v) is 2.44. The maximum absolute atomic E-state index is 11.5. The summed E-state index contributed by atoms with van der Waals surface area (Å²) < 4.78 is 12.0. The number of hydrogen-bond donors (Lipinski definition) is 0. The molecule has 0 saturated heterocycles. The monoisotopic (exact) mass is 415 g/mol. The number of ether oxygens (including phenoxy) is 2. The van der Waals surface area contributed by atoms with Crippen LogP contribution in [0.25, 0.3) is 0 Å². The van der Waals surface area contributed by atoms with E-state index >= 15 is 0 Å². The van der Waals surface area contributed by atoms with Crippen molar-refractivity contribution in [1.29, 1.82) is 0 Å². The van der Waals surface area contributed by atoms with Crippen LogP contribution < -0.4 is 9.47 Å². The highest BCUT2D eigenvalue weighted by molar-refractivity contribution is 9.10. The van der Waals surface area contributed by atoms with Gasteiger partial charge in [0, 0.05) is 4.47 Å². The van der Waals surface area contributed by atoms with Crippen molar-refractivity contribution in [2.24, 2.45) is 0 Å². The number of halogens is 1. The van der Waals surface area contributed by atoms with E-state index in [9.17, 15) is 10.1 Å².